The highest BCUT2D eigenvalue weighted by Gasteiger charge is 2.22. The van der Waals surface area contributed by atoms with E-state index in [0.29, 0.717) is 34.6 Å². The van der Waals surface area contributed by atoms with Crippen molar-refractivity contribution >= 4 is 46.1 Å². The molecule has 0 unspecified atom stereocenters. The molecule has 0 fully saturated rings. The van der Waals surface area contributed by atoms with Gasteiger partial charge in [0.1, 0.15) is 16.9 Å². The zero-order valence-electron chi connectivity index (χ0n) is 23.6. The molecular weight excluding hydrogens is 555 g/mol. The number of nitrogens with one attached hydrogen (secondary N) is 3. The fraction of sp³-hybridized carbons (Fsp3) is 0.393. The standard InChI is InChI=1S/C28H34ClFN6O5/c1-16(2)12-22-25-18(19(30)14-31-22)13-17(32-25)15-36-23(29)11-10-21(27(36)39)33-26(38)20(34-28(40)41-5)8-6-7-9-24(37)35(3)4/h7,9-11,13-14,16,20,32H,6,8,12,15H2,1-5H3,(H,33,38)(H,34,40)/b9-7+/t20-/m0/s1. The lowest BCUT2D eigenvalue weighted by atomic mass is 10.1. The second kappa shape index (κ2) is 13.9. The van der Waals surface area contributed by atoms with E-state index in [-0.39, 0.29) is 36.1 Å². The maximum atomic E-state index is 14.5. The van der Waals surface area contributed by atoms with Crippen LogP contribution in [0.4, 0.5) is 14.9 Å². The van der Waals surface area contributed by atoms with Crippen molar-refractivity contribution in [3.63, 3.8) is 0 Å². The van der Waals surface area contributed by atoms with Crippen LogP contribution in [0.3, 0.4) is 0 Å². The zero-order valence-corrected chi connectivity index (χ0v) is 24.3. The summed E-state index contributed by atoms with van der Waals surface area (Å²) in [4.78, 5) is 58.8. The number of ether oxygens (including phenoxy) is 1. The van der Waals surface area contributed by atoms with E-state index >= 15 is 0 Å². The molecule has 1 atom stereocenters. The van der Waals surface area contributed by atoms with Gasteiger partial charge >= 0.3 is 6.09 Å². The Labute approximate surface area is 241 Å². The summed E-state index contributed by atoms with van der Waals surface area (Å²) in [5.41, 5.74) is 1.12. The van der Waals surface area contributed by atoms with Gasteiger partial charge in [-0.05, 0) is 49.5 Å². The molecule has 0 aliphatic heterocycles. The van der Waals surface area contributed by atoms with Crippen LogP contribution >= 0.6 is 11.6 Å². The summed E-state index contributed by atoms with van der Waals surface area (Å²) in [6, 6.07) is 3.36. The topological polar surface area (TPSA) is 138 Å². The van der Waals surface area contributed by atoms with Crippen molar-refractivity contribution in [2.45, 2.75) is 45.7 Å². The summed E-state index contributed by atoms with van der Waals surface area (Å²) in [6.45, 7) is 4.05. The Morgan fingerprint density at radius 1 is 1.27 bits per heavy atom. The second-order valence-electron chi connectivity index (χ2n) is 10.1. The average molecular weight is 589 g/mol. The van der Waals surface area contributed by atoms with Gasteiger partial charge in [0, 0.05) is 25.2 Å². The lowest BCUT2D eigenvalue weighted by molar-refractivity contribution is -0.123. The van der Waals surface area contributed by atoms with Crippen LogP contribution in [0.15, 0.2) is 41.3 Å². The quantitative estimate of drug-likeness (QED) is 0.230. The molecule has 0 radical (unpaired) electrons. The molecular formula is C28H34ClFN6O5. The van der Waals surface area contributed by atoms with Crippen LogP contribution in [0, 0.1) is 11.7 Å². The molecule has 41 heavy (non-hydrogen) atoms. The minimum absolute atomic E-state index is 0.0227. The van der Waals surface area contributed by atoms with Gasteiger partial charge in [-0.2, -0.15) is 0 Å². The summed E-state index contributed by atoms with van der Waals surface area (Å²) in [5, 5.41) is 5.45. The minimum atomic E-state index is -1.06. The van der Waals surface area contributed by atoms with Crippen LogP contribution in [0.2, 0.25) is 5.15 Å². The van der Waals surface area contributed by atoms with Crippen LogP contribution < -0.4 is 16.2 Å². The molecule has 0 aromatic carbocycles. The Kier molecular flexibility index (Phi) is 10.6. The number of nitrogens with zero attached hydrogens (tertiary/aromatic N) is 3. The number of hydrogen-bond donors (Lipinski definition) is 3. The smallest absolute Gasteiger partial charge is 0.407 e. The van der Waals surface area contributed by atoms with Crippen molar-refractivity contribution in [2.75, 3.05) is 26.5 Å². The number of methoxy groups -OCH3 is 1. The van der Waals surface area contributed by atoms with Crippen molar-refractivity contribution in [1.82, 2.24) is 24.8 Å². The first-order valence-corrected chi connectivity index (χ1v) is 13.4. The third-order valence-corrected chi connectivity index (χ3v) is 6.51. The normalized spacial score (nSPS) is 12.1. The van der Waals surface area contributed by atoms with Crippen molar-refractivity contribution in [3.05, 3.63) is 69.3 Å². The molecule has 3 heterocycles. The molecule has 11 nitrogen and oxygen atoms in total. The van der Waals surface area contributed by atoms with Gasteiger partial charge in [-0.25, -0.2) is 9.18 Å². The first kappa shape index (κ1) is 31.3. The van der Waals surface area contributed by atoms with Crippen LogP contribution in [-0.4, -0.2) is 64.6 Å². The number of halogens is 2. The molecule has 0 aliphatic carbocycles. The molecule has 3 N–H and O–H groups in total. The summed E-state index contributed by atoms with van der Waals surface area (Å²) in [6.07, 6.45) is 4.36. The predicted octanol–water partition coefficient (Wildman–Crippen LogP) is 3.85. The van der Waals surface area contributed by atoms with E-state index in [4.69, 9.17) is 11.6 Å². The Morgan fingerprint density at radius 2 is 2.00 bits per heavy atom. The fourth-order valence-corrected chi connectivity index (χ4v) is 4.28. The van der Waals surface area contributed by atoms with E-state index in [0.717, 1.165) is 7.11 Å². The number of carbonyl (C=O) groups is 3. The third kappa shape index (κ3) is 8.16. The summed E-state index contributed by atoms with van der Waals surface area (Å²) < 4.78 is 20.4. The van der Waals surface area contributed by atoms with E-state index in [9.17, 15) is 23.6 Å². The maximum Gasteiger partial charge on any atom is 0.407 e. The Morgan fingerprint density at radius 3 is 2.66 bits per heavy atom. The number of rotatable bonds is 11. The molecule has 3 aromatic rings. The highest BCUT2D eigenvalue weighted by molar-refractivity contribution is 6.29. The molecule has 13 heteroatoms. The molecule has 3 rings (SSSR count). The summed E-state index contributed by atoms with van der Waals surface area (Å²) >= 11 is 6.34. The van der Waals surface area contributed by atoms with Crippen LogP contribution in [0.1, 0.15) is 38.1 Å². The van der Waals surface area contributed by atoms with Gasteiger partial charge < -0.3 is 25.3 Å². The van der Waals surface area contributed by atoms with Crippen molar-refractivity contribution in [3.8, 4) is 0 Å². The Bertz CT molecular complexity index is 1510. The predicted molar refractivity (Wildman–Crippen MR) is 154 cm³/mol. The number of carbonyl (C=O) groups excluding carboxylic acids is 3. The lowest BCUT2D eigenvalue weighted by Crippen LogP contribution is -2.44. The molecule has 0 bridgehead atoms. The van der Waals surface area contributed by atoms with Crippen molar-refractivity contribution in [1.29, 1.82) is 0 Å². The monoisotopic (exact) mass is 588 g/mol. The highest BCUT2D eigenvalue weighted by atomic mass is 35.5. The van der Waals surface area contributed by atoms with E-state index in [1.54, 1.807) is 26.2 Å². The maximum absolute atomic E-state index is 14.5. The van der Waals surface area contributed by atoms with E-state index in [1.165, 1.54) is 33.9 Å². The molecule has 0 saturated carbocycles. The van der Waals surface area contributed by atoms with Gasteiger partial charge in [-0.1, -0.05) is 31.5 Å². The van der Waals surface area contributed by atoms with E-state index < -0.39 is 29.4 Å². The van der Waals surface area contributed by atoms with Gasteiger partial charge in [0.25, 0.3) is 5.56 Å². The number of H-pyrrole nitrogens is 1. The SMILES string of the molecule is COC(=O)N[C@@H](CC/C=C/C(=O)N(C)C)C(=O)Nc1ccc(Cl)n(Cc2cc3c(F)cnc(CC(C)C)c3[nH]2)c1=O. The molecule has 0 spiro atoms. The van der Waals surface area contributed by atoms with Gasteiger partial charge in [-0.3, -0.25) is 23.9 Å². The number of allylic oxidation sites excluding steroid dienone is 1. The van der Waals surface area contributed by atoms with Crippen LogP contribution in [-0.2, 0) is 27.3 Å². The van der Waals surface area contributed by atoms with E-state index in [2.05, 4.69) is 25.3 Å². The number of hydrogen-bond acceptors (Lipinski definition) is 6. The Balaban J connectivity index is 1.83. The summed E-state index contributed by atoms with van der Waals surface area (Å²) in [7, 11) is 4.38. The molecule has 3 amide bonds. The number of alkyl carbamates (subject to hydrolysis) is 1. The van der Waals surface area contributed by atoms with Gasteiger partial charge in [0.2, 0.25) is 11.8 Å². The number of likely N-dealkylation sites (N-methyl/N-ethyl adjacent to an activating group) is 1. The lowest BCUT2D eigenvalue weighted by Gasteiger charge is -2.18. The highest BCUT2D eigenvalue weighted by Crippen LogP contribution is 2.24. The molecule has 3 aromatic heterocycles. The number of aromatic nitrogens is 3. The Hall–Kier alpha value is -4.19. The van der Waals surface area contributed by atoms with Gasteiger partial charge in [-0.15, -0.1) is 0 Å². The third-order valence-electron chi connectivity index (χ3n) is 6.18. The molecule has 220 valence electrons. The van der Waals surface area contributed by atoms with Crippen LogP contribution in [0.25, 0.3) is 10.9 Å². The second-order valence-corrected chi connectivity index (χ2v) is 10.5. The number of amides is 3. The fourth-order valence-electron chi connectivity index (χ4n) is 4.08. The molecule has 0 aliphatic rings. The first-order valence-electron chi connectivity index (χ1n) is 13.0. The largest absolute Gasteiger partial charge is 0.453 e. The summed E-state index contributed by atoms with van der Waals surface area (Å²) in [5.74, 6) is -1.07. The first-order chi connectivity index (χ1) is 19.4. The van der Waals surface area contributed by atoms with Crippen molar-refractivity contribution < 1.29 is 23.5 Å². The average Bonchev–Trinajstić information content (AvgIpc) is 3.36. The number of anilines is 1. The molecule has 0 saturated heterocycles. The van der Waals surface area contributed by atoms with Crippen molar-refractivity contribution in [2.24, 2.45) is 5.92 Å². The van der Waals surface area contributed by atoms with Gasteiger partial charge in [0.05, 0.1) is 31.1 Å². The minimum Gasteiger partial charge on any atom is -0.453 e. The van der Waals surface area contributed by atoms with Crippen LogP contribution in [0.5, 0.6) is 0 Å². The number of aromatic amines is 1. The van der Waals surface area contributed by atoms with Gasteiger partial charge in [0.15, 0.2) is 5.82 Å². The number of pyridine rings is 2. The number of fused-ring (bicyclic) bond motifs is 1. The van der Waals surface area contributed by atoms with E-state index in [1.807, 2.05) is 13.8 Å². The zero-order chi connectivity index (χ0) is 30.3.